The molecule has 1 aromatic rings. The molecule has 0 aliphatic rings. The van der Waals surface area contributed by atoms with Gasteiger partial charge in [-0.05, 0) is 6.07 Å². The molecule has 1 rings (SSSR count). The van der Waals surface area contributed by atoms with Gasteiger partial charge in [0, 0.05) is 0 Å². The summed E-state index contributed by atoms with van der Waals surface area (Å²) in [5.41, 5.74) is 2.32. The summed E-state index contributed by atoms with van der Waals surface area (Å²) in [7, 11) is 0. The van der Waals surface area contributed by atoms with Gasteiger partial charge in [0.15, 0.2) is 0 Å². The third kappa shape index (κ3) is 4.09. The maximum Gasteiger partial charge on any atom is 0.433 e. The Morgan fingerprint density at radius 1 is 1.54 bits per heavy atom. The maximum absolute atomic E-state index is 10.1. The Morgan fingerprint density at radius 2 is 2.15 bits per heavy atom. The van der Waals surface area contributed by atoms with E-state index in [1.165, 1.54) is 12.1 Å². The fourth-order valence-corrected chi connectivity index (χ4v) is 0.660. The number of hydrazine groups is 1. The van der Waals surface area contributed by atoms with E-state index in [0.717, 1.165) is 0 Å². The Hall–Kier alpha value is -0.820. The summed E-state index contributed by atoms with van der Waals surface area (Å²) >= 11 is 0. The van der Waals surface area contributed by atoms with Crippen LogP contribution in [0.3, 0.4) is 0 Å². The van der Waals surface area contributed by atoms with Crippen LogP contribution in [0.15, 0.2) is 16.5 Å². The number of halogens is 2. The van der Waals surface area contributed by atoms with Crippen LogP contribution in [0.5, 0.6) is 0 Å². The standard InChI is InChI=1S/C5H7N3O3.2ClH/c6-7-3-4-1-2-5(11-4)8(9)10;;/h1-2,7H,3,6H2;2*1H. The second kappa shape index (κ2) is 6.67. The van der Waals surface area contributed by atoms with E-state index >= 15 is 0 Å². The van der Waals surface area contributed by atoms with E-state index in [-0.39, 0.29) is 37.2 Å². The van der Waals surface area contributed by atoms with E-state index in [2.05, 4.69) is 5.43 Å². The average molecular weight is 230 g/mol. The van der Waals surface area contributed by atoms with Crippen LogP contribution in [-0.4, -0.2) is 4.92 Å². The average Bonchev–Trinajstić information content (AvgIpc) is 2.37. The van der Waals surface area contributed by atoms with Crippen molar-refractivity contribution in [1.29, 1.82) is 0 Å². The van der Waals surface area contributed by atoms with Crippen molar-refractivity contribution in [2.45, 2.75) is 6.54 Å². The van der Waals surface area contributed by atoms with Gasteiger partial charge in [-0.3, -0.25) is 21.4 Å². The van der Waals surface area contributed by atoms with Crippen molar-refractivity contribution in [2.24, 2.45) is 5.84 Å². The molecule has 0 saturated heterocycles. The number of nitrogens with one attached hydrogen (secondary N) is 1. The smallest absolute Gasteiger partial charge is 0.404 e. The van der Waals surface area contributed by atoms with Gasteiger partial charge in [-0.15, -0.1) is 24.8 Å². The summed E-state index contributed by atoms with van der Waals surface area (Å²) in [6, 6.07) is 2.78. The summed E-state index contributed by atoms with van der Waals surface area (Å²) in [5, 5.41) is 10.1. The van der Waals surface area contributed by atoms with Gasteiger partial charge in [-0.1, -0.05) is 0 Å². The molecular formula is C5H9Cl2N3O3. The highest BCUT2D eigenvalue weighted by atomic mass is 35.5. The zero-order chi connectivity index (χ0) is 8.27. The zero-order valence-electron chi connectivity index (χ0n) is 6.43. The van der Waals surface area contributed by atoms with Crippen LogP contribution in [0.2, 0.25) is 0 Å². The highest BCUT2D eigenvalue weighted by Crippen LogP contribution is 2.14. The van der Waals surface area contributed by atoms with E-state index in [4.69, 9.17) is 10.3 Å². The van der Waals surface area contributed by atoms with Gasteiger partial charge < -0.3 is 4.42 Å². The second-order valence-corrected chi connectivity index (χ2v) is 1.88. The molecule has 76 valence electrons. The molecular weight excluding hydrogens is 221 g/mol. The summed E-state index contributed by atoms with van der Waals surface area (Å²) in [6.07, 6.45) is 0. The molecule has 0 aliphatic carbocycles. The maximum atomic E-state index is 10.1. The summed E-state index contributed by atoms with van der Waals surface area (Å²) in [6.45, 7) is 0.286. The van der Waals surface area contributed by atoms with Crippen LogP contribution in [0, 0.1) is 10.1 Å². The summed E-state index contributed by atoms with van der Waals surface area (Å²) in [4.78, 5) is 9.48. The van der Waals surface area contributed by atoms with E-state index in [1.807, 2.05) is 0 Å². The van der Waals surface area contributed by atoms with Crippen molar-refractivity contribution in [3.8, 4) is 0 Å². The van der Waals surface area contributed by atoms with Crippen LogP contribution in [-0.2, 0) is 6.54 Å². The molecule has 0 aromatic carbocycles. The molecule has 8 heteroatoms. The molecule has 0 radical (unpaired) electrons. The Balaban J connectivity index is 0. The van der Waals surface area contributed by atoms with Gasteiger partial charge in [0.2, 0.25) is 0 Å². The van der Waals surface area contributed by atoms with Crippen LogP contribution in [0.4, 0.5) is 5.88 Å². The Bertz CT molecular complexity index is 265. The monoisotopic (exact) mass is 229 g/mol. The Kier molecular flexibility index (Phi) is 7.54. The largest absolute Gasteiger partial charge is 0.433 e. The molecule has 0 atom stereocenters. The highest BCUT2D eigenvalue weighted by Gasteiger charge is 2.10. The Labute approximate surface area is 86.4 Å². The van der Waals surface area contributed by atoms with Gasteiger partial charge in [-0.25, -0.2) is 0 Å². The van der Waals surface area contributed by atoms with Crippen LogP contribution in [0.1, 0.15) is 5.76 Å². The molecule has 1 aromatic heterocycles. The van der Waals surface area contributed by atoms with E-state index < -0.39 is 4.92 Å². The lowest BCUT2D eigenvalue weighted by Crippen LogP contribution is -2.20. The molecule has 6 nitrogen and oxygen atoms in total. The molecule has 3 N–H and O–H groups in total. The number of rotatable bonds is 3. The number of nitrogens with two attached hydrogens (primary N) is 1. The fourth-order valence-electron chi connectivity index (χ4n) is 0.660. The predicted octanol–water partition coefficient (Wildman–Crippen LogP) is 0.995. The van der Waals surface area contributed by atoms with Crippen molar-refractivity contribution in [2.75, 3.05) is 0 Å². The molecule has 0 spiro atoms. The predicted molar refractivity (Wildman–Crippen MR) is 50.9 cm³/mol. The van der Waals surface area contributed by atoms with Crippen LogP contribution < -0.4 is 11.3 Å². The third-order valence-corrected chi connectivity index (χ3v) is 1.10. The van der Waals surface area contributed by atoms with Gasteiger partial charge >= 0.3 is 5.88 Å². The van der Waals surface area contributed by atoms with Crippen molar-refractivity contribution in [3.05, 3.63) is 28.0 Å². The van der Waals surface area contributed by atoms with Gasteiger partial charge in [-0.2, -0.15) is 0 Å². The minimum Gasteiger partial charge on any atom is -0.404 e. The number of hydrogen-bond acceptors (Lipinski definition) is 5. The molecule has 0 saturated carbocycles. The van der Waals surface area contributed by atoms with E-state index in [1.54, 1.807) is 0 Å². The van der Waals surface area contributed by atoms with Gasteiger partial charge in [0.25, 0.3) is 0 Å². The van der Waals surface area contributed by atoms with Gasteiger partial charge in [0.05, 0.1) is 12.6 Å². The number of hydrogen-bond donors (Lipinski definition) is 2. The highest BCUT2D eigenvalue weighted by molar-refractivity contribution is 5.85. The lowest BCUT2D eigenvalue weighted by atomic mass is 10.4. The number of furan rings is 1. The van der Waals surface area contributed by atoms with E-state index in [9.17, 15) is 10.1 Å². The molecule has 0 unspecified atom stereocenters. The third-order valence-electron chi connectivity index (χ3n) is 1.10. The molecule has 0 amide bonds. The van der Waals surface area contributed by atoms with Crippen molar-refractivity contribution in [1.82, 2.24) is 5.43 Å². The zero-order valence-corrected chi connectivity index (χ0v) is 8.06. The Morgan fingerprint density at radius 3 is 2.54 bits per heavy atom. The SMILES string of the molecule is Cl.Cl.NNCc1ccc([N+](=O)[O-])o1. The first-order valence-electron chi connectivity index (χ1n) is 2.90. The molecule has 13 heavy (non-hydrogen) atoms. The topological polar surface area (TPSA) is 94.3 Å². The van der Waals surface area contributed by atoms with Crippen molar-refractivity contribution in [3.63, 3.8) is 0 Å². The van der Waals surface area contributed by atoms with E-state index in [0.29, 0.717) is 5.76 Å². The lowest BCUT2D eigenvalue weighted by molar-refractivity contribution is -0.402. The normalized spacial score (nSPS) is 8.38. The second-order valence-electron chi connectivity index (χ2n) is 1.88. The first-order valence-corrected chi connectivity index (χ1v) is 2.90. The summed E-state index contributed by atoms with van der Waals surface area (Å²) in [5.74, 6) is 5.14. The first-order chi connectivity index (χ1) is 5.24. The lowest BCUT2D eigenvalue weighted by Gasteiger charge is -1.89. The fraction of sp³-hybridized carbons (Fsp3) is 0.200. The first kappa shape index (κ1) is 14.7. The summed E-state index contributed by atoms with van der Waals surface area (Å²) < 4.78 is 4.74. The number of nitrogens with zero attached hydrogens (tertiary/aromatic N) is 1. The number of nitro groups is 1. The van der Waals surface area contributed by atoms with Gasteiger partial charge in [0.1, 0.15) is 10.7 Å². The van der Waals surface area contributed by atoms with Crippen LogP contribution in [0.25, 0.3) is 0 Å². The quantitative estimate of drug-likeness (QED) is 0.458. The molecule has 0 fully saturated rings. The van der Waals surface area contributed by atoms with Crippen LogP contribution >= 0.6 is 24.8 Å². The minimum absolute atomic E-state index is 0. The molecule has 1 heterocycles. The molecule has 0 bridgehead atoms. The van der Waals surface area contributed by atoms with Crippen molar-refractivity contribution < 1.29 is 9.34 Å². The molecule has 0 aliphatic heterocycles. The van der Waals surface area contributed by atoms with Crippen molar-refractivity contribution >= 4 is 30.7 Å². The minimum atomic E-state index is -0.597.